The molecule has 0 spiro atoms. The third-order valence-electron chi connectivity index (χ3n) is 2.16. The van der Waals surface area contributed by atoms with Crippen LogP contribution in [0.25, 0.3) is 0 Å². The van der Waals surface area contributed by atoms with Crippen molar-refractivity contribution in [3.8, 4) is 0 Å². The van der Waals surface area contributed by atoms with E-state index in [0.29, 0.717) is 6.10 Å². The first kappa shape index (κ1) is 10.3. The first-order valence-electron chi connectivity index (χ1n) is 5.02. The zero-order valence-electron chi connectivity index (χ0n) is 8.49. The maximum Gasteiger partial charge on any atom is 0.0612 e. The van der Waals surface area contributed by atoms with E-state index in [1.54, 1.807) is 0 Å². The quantitative estimate of drug-likeness (QED) is 0.673. The van der Waals surface area contributed by atoms with Crippen LogP contribution in [0, 0.1) is 0 Å². The molecule has 0 saturated heterocycles. The zero-order chi connectivity index (χ0) is 9.52. The van der Waals surface area contributed by atoms with Crippen molar-refractivity contribution < 1.29 is 4.74 Å². The van der Waals surface area contributed by atoms with Gasteiger partial charge in [0.05, 0.1) is 6.10 Å². The molecule has 0 radical (unpaired) electrons. The van der Waals surface area contributed by atoms with Gasteiger partial charge < -0.3 is 4.74 Å². The highest BCUT2D eigenvalue weighted by atomic mass is 16.5. The molecule has 0 aliphatic carbocycles. The van der Waals surface area contributed by atoms with Gasteiger partial charge >= 0.3 is 0 Å². The van der Waals surface area contributed by atoms with Crippen molar-refractivity contribution in [2.24, 2.45) is 0 Å². The summed E-state index contributed by atoms with van der Waals surface area (Å²) < 4.78 is 5.60. The Morgan fingerprint density at radius 1 is 1.15 bits per heavy atom. The summed E-state index contributed by atoms with van der Waals surface area (Å²) in [5.74, 6) is 0. The lowest BCUT2D eigenvalue weighted by Gasteiger charge is -2.14. The molecule has 0 saturated carbocycles. The Hall–Kier alpha value is -0.820. The number of rotatable bonds is 5. The van der Waals surface area contributed by atoms with Gasteiger partial charge in [-0.05, 0) is 25.3 Å². The van der Waals surface area contributed by atoms with Gasteiger partial charge in [0.15, 0.2) is 0 Å². The highest BCUT2D eigenvalue weighted by Crippen LogP contribution is 2.08. The van der Waals surface area contributed by atoms with Crippen LogP contribution in [0.1, 0.15) is 25.8 Å². The summed E-state index contributed by atoms with van der Waals surface area (Å²) in [6.45, 7) is 5.03. The van der Waals surface area contributed by atoms with Crippen molar-refractivity contribution in [2.75, 3.05) is 6.61 Å². The molecule has 0 fully saturated rings. The lowest BCUT2D eigenvalue weighted by Crippen LogP contribution is -2.14. The van der Waals surface area contributed by atoms with E-state index in [1.165, 1.54) is 5.56 Å². The van der Waals surface area contributed by atoms with Crippen molar-refractivity contribution >= 4 is 0 Å². The molecule has 1 heteroatoms. The fraction of sp³-hybridized carbons (Fsp3) is 0.500. The minimum atomic E-state index is 0.382. The maximum atomic E-state index is 5.60. The molecule has 1 unspecified atom stereocenters. The van der Waals surface area contributed by atoms with E-state index in [0.717, 1.165) is 19.4 Å². The Balaban J connectivity index is 2.46. The molecule has 1 aromatic rings. The van der Waals surface area contributed by atoms with Gasteiger partial charge in [0.1, 0.15) is 0 Å². The van der Waals surface area contributed by atoms with Crippen LogP contribution in [0.15, 0.2) is 30.3 Å². The predicted octanol–water partition coefficient (Wildman–Crippen LogP) is 3.04. The molecule has 1 nitrogen and oxygen atoms in total. The summed E-state index contributed by atoms with van der Waals surface area (Å²) in [5, 5.41) is 0. The zero-order valence-corrected chi connectivity index (χ0v) is 8.49. The summed E-state index contributed by atoms with van der Waals surface area (Å²) in [6, 6.07) is 10.5. The highest BCUT2D eigenvalue weighted by Gasteiger charge is 2.05. The van der Waals surface area contributed by atoms with Crippen LogP contribution in [0.2, 0.25) is 0 Å². The van der Waals surface area contributed by atoms with Crippen molar-refractivity contribution in [3.63, 3.8) is 0 Å². The second kappa shape index (κ2) is 5.76. The van der Waals surface area contributed by atoms with Gasteiger partial charge in [0.25, 0.3) is 0 Å². The van der Waals surface area contributed by atoms with Crippen LogP contribution in [-0.4, -0.2) is 12.7 Å². The molecular weight excluding hydrogens is 160 g/mol. The van der Waals surface area contributed by atoms with E-state index < -0.39 is 0 Å². The third kappa shape index (κ3) is 3.60. The van der Waals surface area contributed by atoms with Crippen molar-refractivity contribution in [1.82, 2.24) is 0 Å². The fourth-order valence-electron chi connectivity index (χ4n) is 1.43. The summed E-state index contributed by atoms with van der Waals surface area (Å²) in [4.78, 5) is 0. The van der Waals surface area contributed by atoms with E-state index in [1.807, 2.05) is 13.0 Å². The minimum Gasteiger partial charge on any atom is -0.378 e. The lowest BCUT2D eigenvalue weighted by molar-refractivity contribution is 0.0607. The van der Waals surface area contributed by atoms with Crippen LogP contribution < -0.4 is 0 Å². The molecule has 0 bridgehead atoms. The Morgan fingerprint density at radius 3 is 2.38 bits per heavy atom. The van der Waals surface area contributed by atoms with Gasteiger partial charge in [-0.25, -0.2) is 0 Å². The molecule has 1 atom stereocenters. The lowest BCUT2D eigenvalue weighted by atomic mass is 10.1. The molecule has 13 heavy (non-hydrogen) atoms. The van der Waals surface area contributed by atoms with E-state index >= 15 is 0 Å². The summed E-state index contributed by atoms with van der Waals surface area (Å²) >= 11 is 0. The van der Waals surface area contributed by atoms with Crippen LogP contribution in [0.5, 0.6) is 0 Å². The van der Waals surface area contributed by atoms with Crippen molar-refractivity contribution in [2.45, 2.75) is 32.8 Å². The first-order chi connectivity index (χ1) is 6.36. The van der Waals surface area contributed by atoms with Crippen LogP contribution in [0.4, 0.5) is 0 Å². The van der Waals surface area contributed by atoms with E-state index in [4.69, 9.17) is 4.74 Å². The van der Waals surface area contributed by atoms with Gasteiger partial charge in [-0.1, -0.05) is 37.3 Å². The minimum absolute atomic E-state index is 0.382. The first-order valence-corrected chi connectivity index (χ1v) is 5.02. The smallest absolute Gasteiger partial charge is 0.0612 e. The topological polar surface area (TPSA) is 9.23 Å². The molecule has 0 N–H and O–H groups in total. The monoisotopic (exact) mass is 178 g/mol. The largest absolute Gasteiger partial charge is 0.378 e. The van der Waals surface area contributed by atoms with E-state index in [2.05, 4.69) is 31.2 Å². The van der Waals surface area contributed by atoms with Gasteiger partial charge in [0.2, 0.25) is 0 Å². The van der Waals surface area contributed by atoms with Crippen LogP contribution in [0.3, 0.4) is 0 Å². The molecule has 1 rings (SSSR count). The molecule has 0 aliphatic heterocycles. The number of hydrogen-bond acceptors (Lipinski definition) is 1. The normalized spacial score (nSPS) is 12.8. The predicted molar refractivity (Wildman–Crippen MR) is 55.9 cm³/mol. The standard InChI is InChI=1S/C12H18O/c1-3-12(13-4-2)10-11-8-6-5-7-9-11/h5-9,12H,3-4,10H2,1-2H3. The molecule has 0 heterocycles. The Labute approximate surface area is 80.7 Å². The molecule has 0 aliphatic rings. The third-order valence-corrected chi connectivity index (χ3v) is 2.16. The van der Waals surface area contributed by atoms with E-state index in [9.17, 15) is 0 Å². The second-order valence-electron chi connectivity index (χ2n) is 3.18. The Morgan fingerprint density at radius 2 is 1.85 bits per heavy atom. The SMILES string of the molecule is CCOC(CC)Cc1ccccc1. The number of benzene rings is 1. The van der Waals surface area contributed by atoms with Crippen LogP contribution in [-0.2, 0) is 11.2 Å². The molecular formula is C12H18O. The average molecular weight is 178 g/mol. The van der Waals surface area contributed by atoms with Crippen molar-refractivity contribution in [3.05, 3.63) is 35.9 Å². The average Bonchev–Trinajstić information content (AvgIpc) is 2.19. The summed E-state index contributed by atoms with van der Waals surface area (Å²) in [5.41, 5.74) is 1.36. The summed E-state index contributed by atoms with van der Waals surface area (Å²) in [6.07, 6.45) is 2.50. The number of hydrogen-bond donors (Lipinski definition) is 0. The molecule has 0 aromatic heterocycles. The van der Waals surface area contributed by atoms with Gasteiger partial charge in [-0.15, -0.1) is 0 Å². The van der Waals surface area contributed by atoms with Gasteiger partial charge in [0, 0.05) is 6.61 Å². The maximum absolute atomic E-state index is 5.60. The van der Waals surface area contributed by atoms with E-state index in [-0.39, 0.29) is 0 Å². The summed E-state index contributed by atoms with van der Waals surface area (Å²) in [7, 11) is 0. The Bertz CT molecular complexity index is 218. The number of ether oxygens (including phenoxy) is 1. The fourth-order valence-corrected chi connectivity index (χ4v) is 1.43. The second-order valence-corrected chi connectivity index (χ2v) is 3.18. The van der Waals surface area contributed by atoms with Crippen LogP contribution >= 0.6 is 0 Å². The molecule has 0 amide bonds. The molecule has 72 valence electrons. The van der Waals surface area contributed by atoms with Crippen molar-refractivity contribution in [1.29, 1.82) is 0 Å². The van der Waals surface area contributed by atoms with Gasteiger partial charge in [-0.2, -0.15) is 0 Å². The Kier molecular flexibility index (Phi) is 4.55. The highest BCUT2D eigenvalue weighted by molar-refractivity contribution is 5.15. The van der Waals surface area contributed by atoms with Gasteiger partial charge in [-0.3, -0.25) is 0 Å². The molecule has 1 aromatic carbocycles.